The Morgan fingerprint density at radius 2 is 2.20 bits per heavy atom. The molecule has 0 bridgehead atoms. The van der Waals surface area contributed by atoms with Crippen LogP contribution < -0.4 is 11.1 Å². The van der Waals surface area contributed by atoms with Crippen molar-refractivity contribution in [2.75, 3.05) is 6.54 Å². The quantitative estimate of drug-likeness (QED) is 0.664. The molecule has 82 valence electrons. The molecule has 1 aromatic rings. The smallest absolute Gasteiger partial charge is 0.251 e. The highest BCUT2D eigenvalue weighted by molar-refractivity contribution is 5.95. The molecule has 0 aliphatic carbocycles. The summed E-state index contributed by atoms with van der Waals surface area (Å²) in [5.41, 5.74) is 6.89. The first-order valence-corrected chi connectivity index (χ1v) is 4.89. The van der Waals surface area contributed by atoms with Gasteiger partial charge in [-0.25, -0.2) is 0 Å². The number of nitrogens with two attached hydrogens (primary N) is 1. The summed E-state index contributed by atoms with van der Waals surface area (Å²) in [5.74, 6) is -0.197. The monoisotopic (exact) mass is 208 g/mol. The third-order valence-electron chi connectivity index (χ3n) is 2.04. The summed E-state index contributed by atoms with van der Waals surface area (Å²) in [4.78, 5) is 11.7. The summed E-state index contributed by atoms with van der Waals surface area (Å²) in [6.45, 7) is 2.20. The van der Waals surface area contributed by atoms with Gasteiger partial charge in [0.25, 0.3) is 5.91 Å². The van der Waals surface area contributed by atoms with Gasteiger partial charge in [-0.1, -0.05) is 18.2 Å². The first kappa shape index (κ1) is 11.7. The lowest BCUT2D eigenvalue weighted by Crippen LogP contribution is -2.31. The van der Waals surface area contributed by atoms with E-state index in [4.69, 9.17) is 10.8 Å². The van der Waals surface area contributed by atoms with Crippen LogP contribution in [0.4, 0.5) is 0 Å². The molecule has 4 heteroatoms. The molecule has 1 aromatic carbocycles. The van der Waals surface area contributed by atoms with Crippen LogP contribution in [0.1, 0.15) is 22.8 Å². The number of benzene rings is 1. The van der Waals surface area contributed by atoms with Crippen LogP contribution in [0.5, 0.6) is 0 Å². The highest BCUT2D eigenvalue weighted by Gasteiger charge is 2.09. The first-order valence-electron chi connectivity index (χ1n) is 4.89. The third-order valence-corrected chi connectivity index (χ3v) is 2.04. The van der Waals surface area contributed by atoms with Gasteiger partial charge in [0.2, 0.25) is 0 Å². The molecule has 0 aliphatic rings. The van der Waals surface area contributed by atoms with Crippen molar-refractivity contribution < 1.29 is 9.90 Å². The van der Waals surface area contributed by atoms with Crippen molar-refractivity contribution in [3.05, 3.63) is 35.4 Å². The lowest BCUT2D eigenvalue weighted by Gasteiger charge is -2.09. The summed E-state index contributed by atoms with van der Waals surface area (Å²) in [7, 11) is 0. The second-order valence-corrected chi connectivity index (χ2v) is 3.42. The maximum atomic E-state index is 11.7. The molecule has 0 spiro atoms. The van der Waals surface area contributed by atoms with Gasteiger partial charge in [-0.05, 0) is 18.6 Å². The van der Waals surface area contributed by atoms with Gasteiger partial charge in [-0.15, -0.1) is 0 Å². The zero-order valence-electron chi connectivity index (χ0n) is 8.73. The molecule has 0 fully saturated rings. The fourth-order valence-corrected chi connectivity index (χ4v) is 1.26. The normalized spacial score (nSPS) is 12.2. The molecule has 4 nitrogen and oxygen atoms in total. The van der Waals surface area contributed by atoms with E-state index in [9.17, 15) is 4.79 Å². The van der Waals surface area contributed by atoms with Gasteiger partial charge in [0.1, 0.15) is 0 Å². The minimum atomic E-state index is -0.543. The van der Waals surface area contributed by atoms with Crippen molar-refractivity contribution >= 4 is 5.91 Å². The number of carbonyl (C=O) groups excluding carboxylic acids is 1. The van der Waals surface area contributed by atoms with Crippen molar-refractivity contribution in [2.24, 2.45) is 5.73 Å². The number of aliphatic hydroxyl groups excluding tert-OH is 1. The first-order chi connectivity index (χ1) is 7.15. The third kappa shape index (κ3) is 3.34. The van der Waals surface area contributed by atoms with Crippen LogP contribution in [0, 0.1) is 0 Å². The number of aliphatic hydroxyl groups is 1. The highest BCUT2D eigenvalue weighted by atomic mass is 16.3. The van der Waals surface area contributed by atoms with Gasteiger partial charge in [-0.3, -0.25) is 4.79 Å². The Morgan fingerprint density at radius 1 is 1.53 bits per heavy atom. The molecule has 0 saturated heterocycles. The van der Waals surface area contributed by atoms with E-state index in [0.29, 0.717) is 12.1 Å². The average molecular weight is 208 g/mol. The van der Waals surface area contributed by atoms with Crippen LogP contribution in [-0.4, -0.2) is 23.7 Å². The largest absolute Gasteiger partial charge is 0.392 e. The standard InChI is InChI=1S/C11H16N2O2/c1-8(14)7-13-11(15)10-5-3-2-4-9(10)6-12/h2-5,8,14H,6-7,12H2,1H3,(H,13,15). The van der Waals surface area contributed by atoms with Crippen LogP contribution in [0.2, 0.25) is 0 Å². The van der Waals surface area contributed by atoms with Gasteiger partial charge in [0.05, 0.1) is 6.10 Å². The Hall–Kier alpha value is -1.39. The average Bonchev–Trinajstić information content (AvgIpc) is 2.25. The fraction of sp³-hybridized carbons (Fsp3) is 0.364. The summed E-state index contributed by atoms with van der Waals surface area (Å²) < 4.78 is 0. The number of rotatable bonds is 4. The maximum absolute atomic E-state index is 11.7. The molecule has 15 heavy (non-hydrogen) atoms. The van der Waals surface area contributed by atoms with E-state index in [0.717, 1.165) is 5.56 Å². The summed E-state index contributed by atoms with van der Waals surface area (Å²) in [5, 5.41) is 11.7. The number of hydrogen-bond donors (Lipinski definition) is 3. The topological polar surface area (TPSA) is 75.3 Å². The summed E-state index contributed by atoms with van der Waals surface area (Å²) in [6, 6.07) is 7.17. The van der Waals surface area contributed by atoms with Gasteiger partial charge < -0.3 is 16.2 Å². The van der Waals surface area contributed by atoms with Crippen LogP contribution >= 0.6 is 0 Å². The molecule has 0 aliphatic heterocycles. The fourth-order valence-electron chi connectivity index (χ4n) is 1.26. The van der Waals surface area contributed by atoms with Crippen LogP contribution in [0.3, 0.4) is 0 Å². The van der Waals surface area contributed by atoms with Gasteiger partial charge in [-0.2, -0.15) is 0 Å². The predicted octanol–water partition coefficient (Wildman–Crippen LogP) is 0.256. The Morgan fingerprint density at radius 3 is 2.80 bits per heavy atom. The van der Waals surface area contributed by atoms with Crippen molar-refractivity contribution in [1.82, 2.24) is 5.32 Å². The van der Waals surface area contributed by atoms with Crippen molar-refractivity contribution in [1.29, 1.82) is 0 Å². The highest BCUT2D eigenvalue weighted by Crippen LogP contribution is 2.07. The molecule has 1 unspecified atom stereocenters. The molecule has 4 N–H and O–H groups in total. The lowest BCUT2D eigenvalue weighted by molar-refractivity contribution is 0.0923. The molecular formula is C11H16N2O2. The van der Waals surface area contributed by atoms with E-state index in [1.165, 1.54) is 0 Å². The minimum Gasteiger partial charge on any atom is -0.392 e. The molecular weight excluding hydrogens is 192 g/mol. The second kappa shape index (κ2) is 5.48. The van der Waals surface area contributed by atoms with E-state index in [1.807, 2.05) is 12.1 Å². The van der Waals surface area contributed by atoms with Crippen molar-refractivity contribution in [3.63, 3.8) is 0 Å². The minimum absolute atomic E-state index is 0.197. The number of hydrogen-bond acceptors (Lipinski definition) is 3. The molecule has 1 amide bonds. The van der Waals surface area contributed by atoms with Crippen LogP contribution in [-0.2, 0) is 6.54 Å². The molecule has 0 saturated carbocycles. The molecule has 0 radical (unpaired) electrons. The zero-order valence-corrected chi connectivity index (χ0v) is 8.73. The van der Waals surface area contributed by atoms with Crippen LogP contribution in [0.15, 0.2) is 24.3 Å². The molecule has 1 atom stereocenters. The summed E-state index contributed by atoms with van der Waals surface area (Å²) in [6.07, 6.45) is -0.543. The number of amides is 1. The van der Waals surface area contributed by atoms with E-state index < -0.39 is 6.10 Å². The second-order valence-electron chi connectivity index (χ2n) is 3.42. The van der Waals surface area contributed by atoms with E-state index >= 15 is 0 Å². The maximum Gasteiger partial charge on any atom is 0.251 e. The van der Waals surface area contributed by atoms with Gasteiger partial charge in [0.15, 0.2) is 0 Å². The van der Waals surface area contributed by atoms with Gasteiger partial charge >= 0.3 is 0 Å². The zero-order chi connectivity index (χ0) is 11.3. The van der Waals surface area contributed by atoms with Crippen LogP contribution in [0.25, 0.3) is 0 Å². The Labute approximate surface area is 89.1 Å². The molecule has 0 aromatic heterocycles. The Bertz CT molecular complexity index is 337. The Kier molecular flexibility index (Phi) is 4.27. The number of carbonyl (C=O) groups is 1. The number of nitrogens with one attached hydrogen (secondary N) is 1. The SMILES string of the molecule is CC(O)CNC(=O)c1ccccc1CN. The van der Waals surface area contributed by atoms with E-state index in [2.05, 4.69) is 5.32 Å². The van der Waals surface area contributed by atoms with Crippen molar-refractivity contribution in [3.8, 4) is 0 Å². The summed E-state index contributed by atoms with van der Waals surface area (Å²) >= 11 is 0. The van der Waals surface area contributed by atoms with E-state index in [1.54, 1.807) is 19.1 Å². The van der Waals surface area contributed by atoms with Gasteiger partial charge in [0, 0.05) is 18.7 Å². The molecule has 0 heterocycles. The predicted molar refractivity (Wildman–Crippen MR) is 58.3 cm³/mol. The van der Waals surface area contributed by atoms with E-state index in [-0.39, 0.29) is 12.5 Å². The lowest BCUT2D eigenvalue weighted by atomic mass is 10.1. The molecule has 1 rings (SSSR count). The van der Waals surface area contributed by atoms with Crippen molar-refractivity contribution in [2.45, 2.75) is 19.6 Å². The Balaban J connectivity index is 2.72.